The minimum atomic E-state index is -0.355. The van der Waals surface area contributed by atoms with E-state index in [0.717, 1.165) is 57.5 Å². The molecule has 27 heavy (non-hydrogen) atoms. The molecule has 0 spiro atoms. The van der Waals surface area contributed by atoms with E-state index in [0.29, 0.717) is 17.2 Å². The average Bonchev–Trinajstić information content (AvgIpc) is 2.67. The summed E-state index contributed by atoms with van der Waals surface area (Å²) >= 11 is 0. The fourth-order valence-electron chi connectivity index (χ4n) is 4.32. The standard InChI is InChI=1S/C21H31N3O3/c1-15-4-7-18(8-5-15)22(3)21(25)17-6-9-19(20(14-17)24(26)27)23-12-10-16(2)11-13-23/h6,9,14-16,18H,4-5,7-8,10-13H2,1-3H3. The van der Waals surface area contributed by atoms with Gasteiger partial charge in [-0.05, 0) is 62.5 Å². The first-order valence-corrected chi connectivity index (χ1v) is 10.2. The lowest BCUT2D eigenvalue weighted by atomic mass is 9.86. The molecule has 1 aromatic rings. The Labute approximate surface area is 161 Å². The van der Waals surface area contributed by atoms with E-state index in [-0.39, 0.29) is 22.6 Å². The van der Waals surface area contributed by atoms with Crippen LogP contribution in [0.4, 0.5) is 11.4 Å². The predicted octanol–water partition coefficient (Wildman–Crippen LogP) is 4.48. The number of amides is 1. The summed E-state index contributed by atoms with van der Waals surface area (Å²) in [4.78, 5) is 28.1. The zero-order valence-electron chi connectivity index (χ0n) is 16.7. The Hall–Kier alpha value is -2.11. The number of hydrogen-bond acceptors (Lipinski definition) is 4. The Morgan fingerprint density at radius 2 is 1.67 bits per heavy atom. The van der Waals surface area contributed by atoms with Gasteiger partial charge < -0.3 is 9.80 Å². The quantitative estimate of drug-likeness (QED) is 0.576. The van der Waals surface area contributed by atoms with Crippen molar-refractivity contribution in [3.8, 4) is 0 Å². The third-order valence-corrected chi connectivity index (χ3v) is 6.40. The van der Waals surface area contributed by atoms with Crippen molar-refractivity contribution < 1.29 is 9.72 Å². The molecule has 0 aromatic heterocycles. The van der Waals surface area contributed by atoms with Crippen molar-refractivity contribution in [1.82, 2.24) is 4.90 Å². The summed E-state index contributed by atoms with van der Waals surface area (Å²) in [5.41, 5.74) is 1.09. The highest BCUT2D eigenvalue weighted by Crippen LogP contribution is 2.33. The fraction of sp³-hybridized carbons (Fsp3) is 0.667. The molecular formula is C21H31N3O3. The normalized spacial score (nSPS) is 23.9. The SMILES string of the molecule is CC1CCC(N(C)C(=O)c2ccc(N3CCC(C)CC3)c([N+](=O)[O-])c2)CC1. The Bertz CT molecular complexity index is 690. The summed E-state index contributed by atoms with van der Waals surface area (Å²) in [6, 6.07) is 5.22. The first kappa shape index (κ1) is 19.6. The molecule has 1 aliphatic carbocycles. The maximum Gasteiger partial charge on any atom is 0.293 e. The van der Waals surface area contributed by atoms with Crippen LogP contribution in [-0.4, -0.2) is 41.9 Å². The number of carbonyl (C=O) groups is 1. The second kappa shape index (κ2) is 8.28. The molecule has 2 aliphatic rings. The van der Waals surface area contributed by atoms with Gasteiger partial charge in [0.15, 0.2) is 0 Å². The molecule has 3 rings (SSSR count). The van der Waals surface area contributed by atoms with Gasteiger partial charge in [-0.2, -0.15) is 0 Å². The number of benzene rings is 1. The molecule has 1 saturated heterocycles. The van der Waals surface area contributed by atoms with Gasteiger partial charge in [-0.25, -0.2) is 0 Å². The second-order valence-electron chi connectivity index (χ2n) is 8.46. The van der Waals surface area contributed by atoms with Crippen molar-refractivity contribution >= 4 is 17.3 Å². The molecule has 1 aromatic carbocycles. The zero-order chi connectivity index (χ0) is 19.6. The fourth-order valence-corrected chi connectivity index (χ4v) is 4.32. The summed E-state index contributed by atoms with van der Waals surface area (Å²) in [5, 5.41) is 11.7. The van der Waals surface area contributed by atoms with E-state index in [1.165, 1.54) is 6.07 Å². The summed E-state index contributed by atoms with van der Waals surface area (Å²) < 4.78 is 0. The van der Waals surface area contributed by atoms with Crippen LogP contribution in [0.5, 0.6) is 0 Å². The molecule has 1 saturated carbocycles. The summed E-state index contributed by atoms with van der Waals surface area (Å²) in [6.07, 6.45) is 6.37. The molecule has 6 nitrogen and oxygen atoms in total. The van der Waals surface area contributed by atoms with Crippen LogP contribution in [0.2, 0.25) is 0 Å². The van der Waals surface area contributed by atoms with Gasteiger partial charge in [0.2, 0.25) is 0 Å². The highest BCUT2D eigenvalue weighted by molar-refractivity contribution is 5.95. The van der Waals surface area contributed by atoms with E-state index in [9.17, 15) is 14.9 Å². The molecular weight excluding hydrogens is 342 g/mol. The topological polar surface area (TPSA) is 66.7 Å². The van der Waals surface area contributed by atoms with Gasteiger partial charge in [0, 0.05) is 37.8 Å². The number of nitrogens with zero attached hydrogens (tertiary/aromatic N) is 3. The minimum Gasteiger partial charge on any atom is -0.366 e. The molecule has 148 valence electrons. The number of nitro groups is 1. The van der Waals surface area contributed by atoms with E-state index in [4.69, 9.17) is 0 Å². The number of hydrogen-bond donors (Lipinski definition) is 0. The largest absolute Gasteiger partial charge is 0.366 e. The monoisotopic (exact) mass is 373 g/mol. The number of nitro benzene ring substituents is 1. The summed E-state index contributed by atoms with van der Waals surface area (Å²) in [5.74, 6) is 1.27. The smallest absolute Gasteiger partial charge is 0.293 e. The molecule has 0 radical (unpaired) electrons. The van der Waals surface area contributed by atoms with Crippen molar-refractivity contribution in [2.45, 2.75) is 58.4 Å². The van der Waals surface area contributed by atoms with Crippen LogP contribution in [0, 0.1) is 22.0 Å². The van der Waals surface area contributed by atoms with Crippen LogP contribution in [0.3, 0.4) is 0 Å². The van der Waals surface area contributed by atoms with Gasteiger partial charge in [-0.1, -0.05) is 13.8 Å². The first-order valence-electron chi connectivity index (χ1n) is 10.2. The predicted molar refractivity (Wildman–Crippen MR) is 107 cm³/mol. The van der Waals surface area contributed by atoms with Crippen LogP contribution in [0.1, 0.15) is 62.7 Å². The van der Waals surface area contributed by atoms with Gasteiger partial charge in [-0.3, -0.25) is 14.9 Å². The number of piperidine rings is 1. The van der Waals surface area contributed by atoms with Gasteiger partial charge in [0.05, 0.1) is 4.92 Å². The average molecular weight is 373 g/mol. The molecule has 2 fully saturated rings. The molecule has 0 N–H and O–H groups in total. The zero-order valence-corrected chi connectivity index (χ0v) is 16.7. The maximum atomic E-state index is 12.9. The Kier molecular flexibility index (Phi) is 6.02. The molecule has 1 amide bonds. The minimum absolute atomic E-state index is 0.0427. The van der Waals surface area contributed by atoms with Crippen molar-refractivity contribution in [2.75, 3.05) is 25.0 Å². The Morgan fingerprint density at radius 3 is 2.26 bits per heavy atom. The second-order valence-corrected chi connectivity index (χ2v) is 8.46. The van der Waals surface area contributed by atoms with Crippen molar-refractivity contribution in [3.05, 3.63) is 33.9 Å². The first-order chi connectivity index (χ1) is 12.9. The molecule has 6 heteroatoms. The highest BCUT2D eigenvalue weighted by atomic mass is 16.6. The lowest BCUT2D eigenvalue weighted by Crippen LogP contribution is -2.39. The van der Waals surface area contributed by atoms with Crippen molar-refractivity contribution in [3.63, 3.8) is 0 Å². The number of carbonyl (C=O) groups excluding carboxylic acids is 1. The number of anilines is 1. The van der Waals surface area contributed by atoms with Crippen LogP contribution in [0.25, 0.3) is 0 Å². The van der Waals surface area contributed by atoms with E-state index in [1.54, 1.807) is 17.0 Å². The summed E-state index contributed by atoms with van der Waals surface area (Å²) in [6.45, 7) is 6.13. The van der Waals surface area contributed by atoms with Crippen LogP contribution in [0.15, 0.2) is 18.2 Å². The third kappa shape index (κ3) is 4.42. The lowest BCUT2D eigenvalue weighted by molar-refractivity contribution is -0.384. The third-order valence-electron chi connectivity index (χ3n) is 6.40. The highest BCUT2D eigenvalue weighted by Gasteiger charge is 2.28. The summed E-state index contributed by atoms with van der Waals surface area (Å²) in [7, 11) is 1.83. The van der Waals surface area contributed by atoms with E-state index in [1.807, 2.05) is 7.05 Å². The maximum absolute atomic E-state index is 12.9. The van der Waals surface area contributed by atoms with Crippen molar-refractivity contribution in [2.24, 2.45) is 11.8 Å². The van der Waals surface area contributed by atoms with Crippen molar-refractivity contribution in [1.29, 1.82) is 0 Å². The van der Waals surface area contributed by atoms with Crippen LogP contribution in [-0.2, 0) is 0 Å². The van der Waals surface area contributed by atoms with Gasteiger partial charge in [0.1, 0.15) is 5.69 Å². The molecule has 0 atom stereocenters. The number of rotatable bonds is 4. The lowest BCUT2D eigenvalue weighted by Gasteiger charge is -2.34. The van der Waals surface area contributed by atoms with Gasteiger partial charge in [-0.15, -0.1) is 0 Å². The van der Waals surface area contributed by atoms with E-state index in [2.05, 4.69) is 18.7 Å². The van der Waals surface area contributed by atoms with Crippen LogP contribution >= 0.6 is 0 Å². The Morgan fingerprint density at radius 1 is 1.07 bits per heavy atom. The van der Waals surface area contributed by atoms with Gasteiger partial charge in [0.25, 0.3) is 11.6 Å². The van der Waals surface area contributed by atoms with Crippen LogP contribution < -0.4 is 4.90 Å². The van der Waals surface area contributed by atoms with E-state index < -0.39 is 0 Å². The molecule has 0 unspecified atom stereocenters. The Balaban J connectivity index is 1.79. The molecule has 1 heterocycles. The molecule has 0 bridgehead atoms. The molecule has 1 aliphatic heterocycles. The van der Waals surface area contributed by atoms with E-state index >= 15 is 0 Å². The van der Waals surface area contributed by atoms with Gasteiger partial charge >= 0.3 is 0 Å².